The highest BCUT2D eigenvalue weighted by molar-refractivity contribution is 7.99. The predicted octanol–water partition coefficient (Wildman–Crippen LogP) is 1.41. The number of nitrogens with two attached hydrogens (primary N) is 1. The third-order valence-electron chi connectivity index (χ3n) is 4.36. The largest absolute Gasteiger partial charge is 0.344 e. The van der Waals surface area contributed by atoms with Gasteiger partial charge < -0.3 is 5.73 Å². The Morgan fingerprint density at radius 3 is 3.05 bits per heavy atom. The Morgan fingerprint density at radius 2 is 2.35 bits per heavy atom. The van der Waals surface area contributed by atoms with Crippen molar-refractivity contribution in [2.45, 2.75) is 55.3 Å². The molecule has 0 aliphatic heterocycles. The molecule has 0 aromatic carbocycles. The van der Waals surface area contributed by atoms with Crippen molar-refractivity contribution in [1.29, 1.82) is 5.26 Å². The molecule has 0 radical (unpaired) electrons. The van der Waals surface area contributed by atoms with E-state index in [1.54, 1.807) is 16.3 Å². The zero-order chi connectivity index (χ0) is 14.2. The Kier molecular flexibility index (Phi) is 3.61. The third-order valence-corrected chi connectivity index (χ3v) is 5.35. The normalized spacial score (nSPS) is 29.5. The first kappa shape index (κ1) is 13.7. The van der Waals surface area contributed by atoms with Gasteiger partial charge in [-0.1, -0.05) is 18.2 Å². The third kappa shape index (κ3) is 2.50. The van der Waals surface area contributed by atoms with Gasteiger partial charge in [-0.05, 0) is 38.0 Å². The fourth-order valence-corrected chi connectivity index (χ4v) is 4.06. The Bertz CT molecular complexity index is 584. The zero-order valence-electron chi connectivity index (χ0n) is 11.3. The smallest absolute Gasteiger partial charge is 0.313 e. The van der Waals surface area contributed by atoms with Crippen LogP contribution in [-0.2, 0) is 0 Å². The summed E-state index contributed by atoms with van der Waals surface area (Å²) in [6, 6.07) is 2.61. The van der Waals surface area contributed by atoms with Crippen molar-refractivity contribution in [3.63, 3.8) is 0 Å². The molecule has 20 heavy (non-hydrogen) atoms. The van der Waals surface area contributed by atoms with Crippen LogP contribution in [0.5, 0.6) is 0 Å². The van der Waals surface area contributed by atoms with Crippen molar-refractivity contribution in [3.8, 4) is 6.07 Å². The maximum Gasteiger partial charge on any atom is 0.344 e. The summed E-state index contributed by atoms with van der Waals surface area (Å²) < 4.78 is 1.76. The van der Waals surface area contributed by atoms with E-state index in [9.17, 15) is 10.1 Å². The molecule has 2 saturated carbocycles. The number of nitrogens with one attached hydrogen (secondary N) is 1. The molecule has 0 bridgehead atoms. The maximum absolute atomic E-state index is 11.7. The molecule has 0 amide bonds. The molecule has 2 atom stereocenters. The van der Waals surface area contributed by atoms with Gasteiger partial charge in [0.1, 0.15) is 5.54 Å². The summed E-state index contributed by atoms with van der Waals surface area (Å²) in [6.45, 7) is 0. The molecule has 3 rings (SSSR count). The molecule has 108 valence electrons. The second-order valence-electron chi connectivity index (χ2n) is 5.79. The van der Waals surface area contributed by atoms with Crippen molar-refractivity contribution < 1.29 is 0 Å². The SMILES string of the molecule is N#CC1(N)CCCC1CCSc1n[nH]c(=O)n1C1CC1. The van der Waals surface area contributed by atoms with Crippen LogP contribution in [0.15, 0.2) is 9.95 Å². The molecule has 1 aromatic rings. The van der Waals surface area contributed by atoms with E-state index in [1.807, 2.05) is 0 Å². The standard InChI is InChI=1S/C13H19N5OS/c14-8-13(15)6-1-2-9(13)5-7-20-12-17-16-11(19)18(12)10-3-4-10/h9-10H,1-7,15H2,(H,16,19). The van der Waals surface area contributed by atoms with E-state index in [0.29, 0.717) is 6.04 Å². The van der Waals surface area contributed by atoms with Crippen LogP contribution in [0.1, 0.15) is 44.6 Å². The monoisotopic (exact) mass is 293 g/mol. The summed E-state index contributed by atoms with van der Waals surface area (Å²) in [4.78, 5) is 11.7. The van der Waals surface area contributed by atoms with E-state index in [2.05, 4.69) is 16.3 Å². The van der Waals surface area contributed by atoms with Crippen LogP contribution in [0, 0.1) is 17.2 Å². The first-order valence-electron chi connectivity index (χ1n) is 7.14. The lowest BCUT2D eigenvalue weighted by Crippen LogP contribution is -2.41. The highest BCUT2D eigenvalue weighted by Crippen LogP contribution is 2.38. The maximum atomic E-state index is 11.7. The van der Waals surface area contributed by atoms with Gasteiger partial charge in [0.05, 0.1) is 6.07 Å². The van der Waals surface area contributed by atoms with E-state index >= 15 is 0 Å². The van der Waals surface area contributed by atoms with Gasteiger partial charge in [0.2, 0.25) is 0 Å². The van der Waals surface area contributed by atoms with Crippen LogP contribution in [0.2, 0.25) is 0 Å². The summed E-state index contributed by atoms with van der Waals surface area (Å²) in [7, 11) is 0. The molecule has 2 aliphatic rings. The second-order valence-corrected chi connectivity index (χ2v) is 6.85. The number of nitriles is 1. The van der Waals surface area contributed by atoms with E-state index in [1.165, 1.54) is 0 Å². The van der Waals surface area contributed by atoms with Gasteiger partial charge in [-0.25, -0.2) is 9.89 Å². The van der Waals surface area contributed by atoms with Crippen LogP contribution in [0.25, 0.3) is 0 Å². The minimum Gasteiger partial charge on any atom is -0.313 e. The van der Waals surface area contributed by atoms with Gasteiger partial charge in [0.25, 0.3) is 0 Å². The van der Waals surface area contributed by atoms with Crippen LogP contribution >= 0.6 is 11.8 Å². The Labute approximate surface area is 121 Å². The molecule has 0 saturated heterocycles. The van der Waals surface area contributed by atoms with Gasteiger partial charge in [0.15, 0.2) is 5.16 Å². The van der Waals surface area contributed by atoms with Crippen molar-refractivity contribution in [2.75, 3.05) is 5.75 Å². The van der Waals surface area contributed by atoms with Crippen LogP contribution < -0.4 is 11.4 Å². The minimum atomic E-state index is -0.651. The summed E-state index contributed by atoms with van der Waals surface area (Å²) in [5.74, 6) is 1.11. The van der Waals surface area contributed by atoms with Crippen molar-refractivity contribution in [3.05, 3.63) is 10.5 Å². The molecule has 1 aromatic heterocycles. The number of aromatic amines is 1. The highest BCUT2D eigenvalue weighted by Gasteiger charge is 2.39. The van der Waals surface area contributed by atoms with Crippen molar-refractivity contribution in [1.82, 2.24) is 14.8 Å². The summed E-state index contributed by atoms with van der Waals surface area (Å²) >= 11 is 1.59. The first-order chi connectivity index (χ1) is 9.64. The zero-order valence-corrected chi connectivity index (χ0v) is 12.2. The molecular weight excluding hydrogens is 274 g/mol. The van der Waals surface area contributed by atoms with Gasteiger partial charge in [-0.3, -0.25) is 4.57 Å². The van der Waals surface area contributed by atoms with Crippen molar-refractivity contribution in [2.24, 2.45) is 11.7 Å². The quantitative estimate of drug-likeness (QED) is 0.799. The number of thioether (sulfide) groups is 1. The predicted molar refractivity (Wildman–Crippen MR) is 76.3 cm³/mol. The highest BCUT2D eigenvalue weighted by atomic mass is 32.2. The summed E-state index contributed by atoms with van der Waals surface area (Å²) in [5.41, 5.74) is 5.37. The van der Waals surface area contributed by atoms with Gasteiger partial charge in [-0.15, -0.1) is 5.10 Å². The molecular formula is C13H19N5OS. The fraction of sp³-hybridized carbons (Fsp3) is 0.769. The number of hydrogen-bond acceptors (Lipinski definition) is 5. The molecule has 2 unspecified atom stereocenters. The van der Waals surface area contributed by atoms with E-state index in [0.717, 1.165) is 49.4 Å². The number of nitrogens with zero attached hydrogens (tertiary/aromatic N) is 3. The average Bonchev–Trinajstić information content (AvgIpc) is 3.11. The van der Waals surface area contributed by atoms with Gasteiger partial charge in [0, 0.05) is 11.8 Å². The lowest BCUT2D eigenvalue weighted by Gasteiger charge is -2.23. The van der Waals surface area contributed by atoms with E-state index < -0.39 is 5.54 Å². The van der Waals surface area contributed by atoms with Crippen LogP contribution in [0.4, 0.5) is 0 Å². The lowest BCUT2D eigenvalue weighted by atomic mass is 9.88. The van der Waals surface area contributed by atoms with Crippen LogP contribution in [0.3, 0.4) is 0 Å². The Balaban J connectivity index is 1.58. The molecule has 1 heterocycles. The molecule has 6 nitrogen and oxygen atoms in total. The minimum absolute atomic E-state index is 0.110. The number of H-pyrrole nitrogens is 1. The van der Waals surface area contributed by atoms with E-state index in [-0.39, 0.29) is 11.6 Å². The molecule has 0 spiro atoms. The topological polar surface area (TPSA) is 100 Å². The van der Waals surface area contributed by atoms with E-state index in [4.69, 9.17) is 5.73 Å². The molecule has 3 N–H and O–H groups in total. The van der Waals surface area contributed by atoms with Gasteiger partial charge >= 0.3 is 5.69 Å². The Morgan fingerprint density at radius 1 is 1.55 bits per heavy atom. The van der Waals surface area contributed by atoms with Crippen LogP contribution in [-0.4, -0.2) is 26.1 Å². The fourth-order valence-electron chi connectivity index (χ4n) is 2.99. The lowest BCUT2D eigenvalue weighted by molar-refractivity contribution is 0.389. The number of rotatable bonds is 5. The van der Waals surface area contributed by atoms with Crippen molar-refractivity contribution >= 4 is 11.8 Å². The molecule has 2 fully saturated rings. The average molecular weight is 293 g/mol. The van der Waals surface area contributed by atoms with Gasteiger partial charge in [-0.2, -0.15) is 5.26 Å². The second kappa shape index (κ2) is 5.26. The summed E-state index contributed by atoms with van der Waals surface area (Å²) in [6.07, 6.45) is 5.90. The Hall–Kier alpha value is -1.26. The summed E-state index contributed by atoms with van der Waals surface area (Å²) in [5, 5.41) is 16.6. The number of aromatic nitrogens is 3. The molecule has 2 aliphatic carbocycles. The number of hydrogen-bond donors (Lipinski definition) is 2. The molecule has 7 heteroatoms. The first-order valence-corrected chi connectivity index (χ1v) is 8.12.